The van der Waals surface area contributed by atoms with Crippen LogP contribution in [0.2, 0.25) is 5.15 Å². The van der Waals surface area contributed by atoms with Crippen molar-refractivity contribution in [1.82, 2.24) is 9.97 Å². The molecular formula is C13H22ClN3. The molecule has 0 spiro atoms. The highest BCUT2D eigenvalue weighted by atomic mass is 35.5. The summed E-state index contributed by atoms with van der Waals surface area (Å²) in [6, 6.07) is 0.384. The fourth-order valence-electron chi connectivity index (χ4n) is 1.54. The van der Waals surface area contributed by atoms with Gasteiger partial charge in [0.05, 0.1) is 0 Å². The van der Waals surface area contributed by atoms with Crippen molar-refractivity contribution in [3.63, 3.8) is 0 Å². The summed E-state index contributed by atoms with van der Waals surface area (Å²) in [5.41, 5.74) is 0.930. The van der Waals surface area contributed by atoms with E-state index < -0.39 is 0 Å². The molecule has 0 saturated carbocycles. The van der Waals surface area contributed by atoms with Gasteiger partial charge in [0.25, 0.3) is 0 Å². The molecule has 1 aromatic rings. The Morgan fingerprint density at radius 3 is 2.41 bits per heavy atom. The lowest BCUT2D eigenvalue weighted by atomic mass is 10.0. The molecule has 2 atom stereocenters. The molecule has 96 valence electrons. The Labute approximate surface area is 109 Å². The van der Waals surface area contributed by atoms with Crippen LogP contribution in [0.3, 0.4) is 0 Å². The number of rotatable bonds is 5. The second-order valence-corrected chi connectivity index (χ2v) is 4.93. The third kappa shape index (κ3) is 3.56. The van der Waals surface area contributed by atoms with E-state index in [4.69, 9.17) is 11.6 Å². The predicted molar refractivity (Wildman–Crippen MR) is 73.7 cm³/mol. The maximum atomic E-state index is 6.10. The summed E-state index contributed by atoms with van der Waals surface area (Å²) in [6.45, 7) is 10.6. The Morgan fingerprint density at radius 1 is 1.24 bits per heavy atom. The van der Waals surface area contributed by atoms with Crippen LogP contribution in [-0.2, 0) is 6.42 Å². The van der Waals surface area contributed by atoms with E-state index in [2.05, 4.69) is 36.1 Å². The molecule has 1 heterocycles. The fraction of sp³-hybridized carbons (Fsp3) is 0.692. The first-order valence-corrected chi connectivity index (χ1v) is 6.66. The molecule has 0 aliphatic heterocycles. The molecule has 0 amide bonds. The molecule has 3 nitrogen and oxygen atoms in total. The molecule has 1 rings (SSSR count). The van der Waals surface area contributed by atoms with Crippen molar-refractivity contribution in [2.45, 2.75) is 53.5 Å². The highest BCUT2D eigenvalue weighted by Crippen LogP contribution is 2.22. The van der Waals surface area contributed by atoms with Gasteiger partial charge in [-0.05, 0) is 19.8 Å². The molecule has 17 heavy (non-hydrogen) atoms. The van der Waals surface area contributed by atoms with Gasteiger partial charge in [-0.15, -0.1) is 0 Å². The lowest BCUT2D eigenvalue weighted by Crippen LogP contribution is -2.24. The highest BCUT2D eigenvalue weighted by molar-refractivity contribution is 6.30. The summed E-state index contributed by atoms with van der Waals surface area (Å²) in [7, 11) is 0. The van der Waals surface area contributed by atoms with E-state index in [1.165, 1.54) is 0 Å². The Balaban J connectivity index is 2.93. The van der Waals surface area contributed by atoms with Crippen molar-refractivity contribution in [2.75, 3.05) is 5.32 Å². The van der Waals surface area contributed by atoms with Crippen molar-refractivity contribution >= 4 is 17.4 Å². The van der Waals surface area contributed by atoms with Gasteiger partial charge in [0, 0.05) is 18.0 Å². The summed E-state index contributed by atoms with van der Waals surface area (Å²) >= 11 is 6.10. The number of anilines is 1. The topological polar surface area (TPSA) is 37.8 Å². The van der Waals surface area contributed by atoms with Gasteiger partial charge < -0.3 is 5.32 Å². The minimum atomic E-state index is 0.384. The van der Waals surface area contributed by atoms with Gasteiger partial charge in [0.15, 0.2) is 0 Å². The highest BCUT2D eigenvalue weighted by Gasteiger charge is 2.14. The molecule has 0 fully saturated rings. The third-order valence-corrected chi connectivity index (χ3v) is 3.68. The van der Waals surface area contributed by atoms with Crippen LogP contribution in [0.4, 0.5) is 5.82 Å². The zero-order valence-corrected chi connectivity index (χ0v) is 12.1. The molecule has 2 unspecified atom stereocenters. The molecule has 0 aliphatic rings. The lowest BCUT2D eigenvalue weighted by molar-refractivity contribution is 0.493. The second-order valence-electron chi connectivity index (χ2n) is 4.58. The van der Waals surface area contributed by atoms with Gasteiger partial charge in [-0.25, -0.2) is 9.97 Å². The second kappa shape index (κ2) is 6.20. The van der Waals surface area contributed by atoms with Crippen molar-refractivity contribution < 1.29 is 0 Å². The number of nitrogens with one attached hydrogen (secondary N) is 1. The van der Waals surface area contributed by atoms with Gasteiger partial charge >= 0.3 is 0 Å². The molecule has 1 N–H and O–H groups in total. The van der Waals surface area contributed by atoms with Gasteiger partial charge in [-0.3, -0.25) is 0 Å². The van der Waals surface area contributed by atoms with Crippen LogP contribution in [0.25, 0.3) is 0 Å². The van der Waals surface area contributed by atoms with E-state index in [0.717, 1.165) is 30.0 Å². The zero-order chi connectivity index (χ0) is 13.0. The molecule has 1 aromatic heterocycles. The minimum Gasteiger partial charge on any atom is -0.367 e. The molecule has 0 bridgehead atoms. The smallest absolute Gasteiger partial charge is 0.137 e. The van der Waals surface area contributed by atoms with Gasteiger partial charge in [0.2, 0.25) is 0 Å². The average Bonchev–Trinajstić information content (AvgIpc) is 2.33. The maximum absolute atomic E-state index is 6.10. The van der Waals surface area contributed by atoms with Crippen LogP contribution in [0, 0.1) is 12.8 Å². The number of aromatic nitrogens is 2. The molecule has 0 radical (unpaired) electrons. The summed E-state index contributed by atoms with van der Waals surface area (Å²) in [6.07, 6.45) is 1.94. The van der Waals surface area contributed by atoms with Crippen LogP contribution in [0.1, 0.15) is 45.5 Å². The molecule has 0 saturated heterocycles. The normalized spacial score (nSPS) is 14.5. The van der Waals surface area contributed by atoms with Crippen molar-refractivity contribution in [3.8, 4) is 0 Å². The van der Waals surface area contributed by atoms with Crippen LogP contribution < -0.4 is 5.32 Å². The Bertz CT molecular complexity index is 379. The number of hydrogen-bond donors (Lipinski definition) is 1. The van der Waals surface area contributed by atoms with Crippen molar-refractivity contribution in [3.05, 3.63) is 16.5 Å². The van der Waals surface area contributed by atoms with E-state index in [1.54, 1.807) is 0 Å². The Kier molecular flexibility index (Phi) is 5.19. The summed E-state index contributed by atoms with van der Waals surface area (Å²) in [5, 5.41) is 3.99. The van der Waals surface area contributed by atoms with Crippen LogP contribution in [-0.4, -0.2) is 16.0 Å². The van der Waals surface area contributed by atoms with E-state index >= 15 is 0 Å². The quantitative estimate of drug-likeness (QED) is 0.813. The zero-order valence-electron chi connectivity index (χ0n) is 11.3. The maximum Gasteiger partial charge on any atom is 0.137 e. The predicted octanol–water partition coefficient (Wildman–Crippen LogP) is 3.85. The van der Waals surface area contributed by atoms with Crippen LogP contribution in [0.5, 0.6) is 0 Å². The van der Waals surface area contributed by atoms with Crippen molar-refractivity contribution in [2.24, 2.45) is 5.92 Å². The fourth-order valence-corrected chi connectivity index (χ4v) is 1.73. The first kappa shape index (κ1) is 14.2. The SMILES string of the molecule is CCc1nc(Cl)c(C)c(NC(C)C(C)CC)n1. The summed E-state index contributed by atoms with van der Waals surface area (Å²) in [4.78, 5) is 8.74. The van der Waals surface area contributed by atoms with E-state index in [0.29, 0.717) is 17.1 Å². The Hall–Kier alpha value is -0.830. The largest absolute Gasteiger partial charge is 0.367 e. The summed E-state index contributed by atoms with van der Waals surface area (Å²) < 4.78 is 0. The van der Waals surface area contributed by atoms with Crippen LogP contribution >= 0.6 is 11.6 Å². The Morgan fingerprint density at radius 2 is 1.88 bits per heavy atom. The standard InChI is InChI=1S/C13H22ClN3/c1-6-8(3)10(5)15-13-9(4)12(14)16-11(7-2)17-13/h8,10H,6-7H2,1-5H3,(H,15,16,17). The van der Waals surface area contributed by atoms with Crippen molar-refractivity contribution in [1.29, 1.82) is 0 Å². The molecule has 0 aliphatic carbocycles. The monoisotopic (exact) mass is 255 g/mol. The number of nitrogens with zero attached hydrogens (tertiary/aromatic N) is 2. The first-order valence-electron chi connectivity index (χ1n) is 6.29. The first-order chi connectivity index (χ1) is 7.99. The summed E-state index contributed by atoms with van der Waals surface area (Å²) in [5.74, 6) is 2.27. The van der Waals surface area contributed by atoms with E-state index in [1.807, 2.05) is 13.8 Å². The van der Waals surface area contributed by atoms with Gasteiger partial charge in [0.1, 0.15) is 16.8 Å². The van der Waals surface area contributed by atoms with Crippen LogP contribution in [0.15, 0.2) is 0 Å². The average molecular weight is 256 g/mol. The number of aryl methyl sites for hydroxylation is 1. The number of hydrogen-bond acceptors (Lipinski definition) is 3. The van der Waals surface area contributed by atoms with E-state index in [9.17, 15) is 0 Å². The molecule has 0 aromatic carbocycles. The van der Waals surface area contributed by atoms with E-state index in [-0.39, 0.29) is 0 Å². The molecular weight excluding hydrogens is 234 g/mol. The van der Waals surface area contributed by atoms with Gasteiger partial charge in [-0.2, -0.15) is 0 Å². The molecule has 4 heteroatoms. The number of halogens is 1. The minimum absolute atomic E-state index is 0.384. The third-order valence-electron chi connectivity index (χ3n) is 3.31. The van der Waals surface area contributed by atoms with Gasteiger partial charge in [-0.1, -0.05) is 38.8 Å². The lowest BCUT2D eigenvalue weighted by Gasteiger charge is -2.22.